The summed E-state index contributed by atoms with van der Waals surface area (Å²) >= 11 is 7.11. The fourth-order valence-electron chi connectivity index (χ4n) is 2.05. The van der Waals surface area contributed by atoms with Crippen molar-refractivity contribution in [2.75, 3.05) is 11.1 Å². The van der Waals surface area contributed by atoms with Crippen LogP contribution in [0.4, 0.5) is 5.82 Å². The highest BCUT2D eigenvalue weighted by atomic mass is 35.5. The molecule has 0 aliphatic carbocycles. The first-order valence-corrected chi connectivity index (χ1v) is 9.18. The summed E-state index contributed by atoms with van der Waals surface area (Å²) in [6, 6.07) is 8.81. The van der Waals surface area contributed by atoms with Crippen LogP contribution < -0.4 is 10.6 Å². The van der Waals surface area contributed by atoms with Gasteiger partial charge in [0.1, 0.15) is 5.76 Å². The maximum Gasteiger partial charge on any atom is 0.238 e. The molecule has 2 aromatic rings. The molecule has 0 bridgehead atoms. The van der Waals surface area contributed by atoms with Crippen LogP contribution in [0.5, 0.6) is 0 Å². The number of aromatic nitrogens is 1. The van der Waals surface area contributed by atoms with Crippen LogP contribution in [0.2, 0.25) is 5.02 Å². The summed E-state index contributed by atoms with van der Waals surface area (Å²) in [4.78, 5) is 24.1. The number of benzene rings is 1. The molecule has 0 spiro atoms. The SMILES string of the molecule is Cc1cc(NC(=O)C(C)SCC(=O)NC(C)c2ccc(Cl)cc2)no1. The van der Waals surface area contributed by atoms with Crippen LogP contribution >= 0.6 is 23.4 Å². The molecule has 1 aromatic heterocycles. The smallest absolute Gasteiger partial charge is 0.238 e. The number of halogens is 1. The van der Waals surface area contributed by atoms with Gasteiger partial charge in [-0.05, 0) is 38.5 Å². The van der Waals surface area contributed by atoms with Crippen molar-refractivity contribution in [3.63, 3.8) is 0 Å². The average molecular weight is 382 g/mol. The summed E-state index contributed by atoms with van der Waals surface area (Å²) in [7, 11) is 0. The molecule has 134 valence electrons. The summed E-state index contributed by atoms with van der Waals surface area (Å²) < 4.78 is 4.89. The lowest BCUT2D eigenvalue weighted by Gasteiger charge is -2.15. The second-order valence-corrected chi connectivity index (χ2v) is 7.37. The molecule has 0 radical (unpaired) electrons. The van der Waals surface area contributed by atoms with Gasteiger partial charge in [-0.25, -0.2) is 0 Å². The van der Waals surface area contributed by atoms with E-state index in [1.165, 1.54) is 11.8 Å². The first-order valence-electron chi connectivity index (χ1n) is 7.75. The van der Waals surface area contributed by atoms with Gasteiger partial charge in [0, 0.05) is 11.1 Å². The van der Waals surface area contributed by atoms with Gasteiger partial charge in [-0.15, -0.1) is 11.8 Å². The number of nitrogens with zero attached hydrogens (tertiary/aromatic N) is 1. The Morgan fingerprint density at radius 1 is 1.28 bits per heavy atom. The third-order valence-corrected chi connectivity index (χ3v) is 4.86. The molecule has 6 nitrogen and oxygen atoms in total. The van der Waals surface area contributed by atoms with E-state index in [2.05, 4.69) is 15.8 Å². The normalized spacial score (nSPS) is 13.1. The lowest BCUT2D eigenvalue weighted by molar-refractivity contribution is -0.119. The fraction of sp³-hybridized carbons (Fsp3) is 0.353. The standard InChI is InChI=1S/C17H20ClN3O3S/c1-10-8-15(21-24-10)20-17(23)12(3)25-9-16(22)19-11(2)13-4-6-14(18)7-5-13/h4-8,11-12H,9H2,1-3H3,(H,19,22)(H,20,21,23). The quantitative estimate of drug-likeness (QED) is 0.765. The monoisotopic (exact) mass is 381 g/mol. The van der Waals surface area contributed by atoms with Gasteiger partial charge in [-0.2, -0.15) is 0 Å². The summed E-state index contributed by atoms with van der Waals surface area (Å²) in [5, 5.41) is 9.52. The molecule has 0 saturated carbocycles. The van der Waals surface area contributed by atoms with E-state index in [-0.39, 0.29) is 23.6 Å². The summed E-state index contributed by atoms with van der Waals surface area (Å²) in [6.07, 6.45) is 0. The zero-order valence-corrected chi connectivity index (χ0v) is 15.8. The molecule has 2 rings (SSSR count). The molecule has 0 fully saturated rings. The number of amides is 2. The van der Waals surface area contributed by atoms with Crippen LogP contribution in [0, 0.1) is 6.92 Å². The van der Waals surface area contributed by atoms with Crippen molar-refractivity contribution >= 4 is 41.0 Å². The van der Waals surface area contributed by atoms with E-state index < -0.39 is 5.25 Å². The number of anilines is 1. The van der Waals surface area contributed by atoms with E-state index in [0.29, 0.717) is 16.6 Å². The molecule has 1 heterocycles. The van der Waals surface area contributed by atoms with Crippen LogP contribution in [0.15, 0.2) is 34.9 Å². The Labute approximate surface area is 155 Å². The van der Waals surface area contributed by atoms with Crippen molar-refractivity contribution in [3.05, 3.63) is 46.7 Å². The first-order chi connectivity index (χ1) is 11.8. The van der Waals surface area contributed by atoms with E-state index in [1.807, 2.05) is 19.1 Å². The summed E-state index contributed by atoms with van der Waals surface area (Å²) in [6.45, 7) is 5.38. The third-order valence-electron chi connectivity index (χ3n) is 3.46. The molecule has 8 heteroatoms. The molecular weight excluding hydrogens is 362 g/mol. The topological polar surface area (TPSA) is 84.2 Å². The number of thioether (sulfide) groups is 1. The number of carbonyl (C=O) groups excluding carboxylic acids is 2. The van der Waals surface area contributed by atoms with Crippen molar-refractivity contribution in [1.82, 2.24) is 10.5 Å². The van der Waals surface area contributed by atoms with Crippen molar-refractivity contribution in [2.24, 2.45) is 0 Å². The second-order valence-electron chi connectivity index (χ2n) is 5.61. The van der Waals surface area contributed by atoms with Crippen LogP contribution in [0.3, 0.4) is 0 Å². The van der Waals surface area contributed by atoms with Gasteiger partial charge in [0.05, 0.1) is 17.0 Å². The minimum absolute atomic E-state index is 0.132. The largest absolute Gasteiger partial charge is 0.360 e. The van der Waals surface area contributed by atoms with Gasteiger partial charge in [-0.3, -0.25) is 9.59 Å². The lowest BCUT2D eigenvalue weighted by atomic mass is 10.1. The molecular formula is C17H20ClN3O3S. The Bertz CT molecular complexity index is 733. The first kappa shape index (κ1) is 19.3. The van der Waals surface area contributed by atoms with Gasteiger partial charge in [0.15, 0.2) is 5.82 Å². The molecule has 1 aromatic carbocycles. The van der Waals surface area contributed by atoms with Crippen molar-refractivity contribution in [2.45, 2.75) is 32.1 Å². The minimum atomic E-state index is -0.395. The van der Waals surface area contributed by atoms with E-state index in [9.17, 15) is 9.59 Å². The number of rotatable bonds is 7. The van der Waals surface area contributed by atoms with Crippen LogP contribution in [-0.4, -0.2) is 28.0 Å². The highest BCUT2D eigenvalue weighted by Crippen LogP contribution is 2.17. The van der Waals surface area contributed by atoms with E-state index in [0.717, 1.165) is 5.56 Å². The molecule has 2 N–H and O–H groups in total. The Hall–Kier alpha value is -1.99. The zero-order chi connectivity index (χ0) is 18.4. The molecule has 0 aliphatic rings. The maximum atomic E-state index is 12.1. The van der Waals surface area contributed by atoms with Gasteiger partial charge in [0.2, 0.25) is 11.8 Å². The fourth-order valence-corrected chi connectivity index (χ4v) is 2.87. The van der Waals surface area contributed by atoms with Crippen LogP contribution in [0.25, 0.3) is 0 Å². The Kier molecular flexibility index (Phi) is 6.90. The Morgan fingerprint density at radius 2 is 1.96 bits per heavy atom. The number of hydrogen-bond donors (Lipinski definition) is 2. The highest BCUT2D eigenvalue weighted by molar-refractivity contribution is 8.01. The minimum Gasteiger partial charge on any atom is -0.360 e. The second kappa shape index (κ2) is 8.92. The summed E-state index contributed by atoms with van der Waals surface area (Å²) in [5.41, 5.74) is 0.968. The van der Waals surface area contributed by atoms with Gasteiger partial charge < -0.3 is 15.2 Å². The van der Waals surface area contributed by atoms with Crippen molar-refractivity contribution < 1.29 is 14.1 Å². The van der Waals surface area contributed by atoms with E-state index in [4.69, 9.17) is 16.1 Å². The van der Waals surface area contributed by atoms with E-state index >= 15 is 0 Å². The number of hydrogen-bond acceptors (Lipinski definition) is 5. The molecule has 0 aliphatic heterocycles. The number of carbonyl (C=O) groups is 2. The average Bonchev–Trinajstić information content (AvgIpc) is 2.98. The zero-order valence-electron chi connectivity index (χ0n) is 14.2. The predicted molar refractivity (Wildman–Crippen MR) is 99.8 cm³/mol. The summed E-state index contributed by atoms with van der Waals surface area (Å²) in [5.74, 6) is 0.813. The van der Waals surface area contributed by atoms with Crippen molar-refractivity contribution in [1.29, 1.82) is 0 Å². The molecule has 0 saturated heterocycles. The van der Waals surface area contributed by atoms with Gasteiger partial charge >= 0.3 is 0 Å². The van der Waals surface area contributed by atoms with Crippen LogP contribution in [-0.2, 0) is 9.59 Å². The maximum absolute atomic E-state index is 12.1. The third kappa shape index (κ3) is 6.10. The molecule has 25 heavy (non-hydrogen) atoms. The number of aryl methyl sites for hydroxylation is 1. The molecule has 2 amide bonds. The van der Waals surface area contributed by atoms with Crippen LogP contribution in [0.1, 0.15) is 31.2 Å². The number of nitrogens with one attached hydrogen (secondary N) is 2. The molecule has 2 unspecified atom stereocenters. The van der Waals surface area contributed by atoms with Crippen molar-refractivity contribution in [3.8, 4) is 0 Å². The Morgan fingerprint density at radius 3 is 2.56 bits per heavy atom. The Balaban J connectivity index is 1.76. The molecule has 2 atom stereocenters. The van der Waals surface area contributed by atoms with E-state index in [1.54, 1.807) is 32.0 Å². The lowest BCUT2D eigenvalue weighted by Crippen LogP contribution is -2.30. The predicted octanol–water partition coefficient (Wildman–Crippen LogP) is 3.57. The highest BCUT2D eigenvalue weighted by Gasteiger charge is 2.17. The van der Waals surface area contributed by atoms with Gasteiger partial charge in [0.25, 0.3) is 0 Å². The van der Waals surface area contributed by atoms with Gasteiger partial charge in [-0.1, -0.05) is 28.9 Å².